The van der Waals surface area contributed by atoms with Gasteiger partial charge in [0.25, 0.3) is 0 Å². The average Bonchev–Trinajstić information content (AvgIpc) is 2.50. The SMILES string of the molecule is C=C/C=C\C(C)(Cc1ccccc1N(C)C)C(CC(=C)C)C(C)C. The first-order chi connectivity index (χ1) is 11.2. The second kappa shape index (κ2) is 8.92. The lowest BCUT2D eigenvalue weighted by atomic mass is 9.65. The van der Waals surface area contributed by atoms with Gasteiger partial charge >= 0.3 is 0 Å². The Bertz CT molecular complexity index is 579. The molecule has 0 amide bonds. The molecule has 24 heavy (non-hydrogen) atoms. The van der Waals surface area contributed by atoms with Gasteiger partial charge in [0, 0.05) is 19.8 Å². The third-order valence-electron chi connectivity index (χ3n) is 4.88. The lowest BCUT2D eigenvalue weighted by molar-refractivity contribution is 0.187. The quantitative estimate of drug-likeness (QED) is 0.381. The lowest BCUT2D eigenvalue weighted by Gasteiger charge is -2.39. The van der Waals surface area contributed by atoms with E-state index in [-0.39, 0.29) is 5.41 Å². The number of anilines is 1. The molecule has 1 rings (SSSR count). The number of rotatable bonds is 9. The van der Waals surface area contributed by atoms with E-state index >= 15 is 0 Å². The van der Waals surface area contributed by atoms with Crippen molar-refractivity contribution in [3.8, 4) is 0 Å². The molecule has 0 spiro atoms. The van der Waals surface area contributed by atoms with Crippen molar-refractivity contribution in [3.63, 3.8) is 0 Å². The molecule has 2 atom stereocenters. The fraction of sp³-hybridized carbons (Fsp3) is 0.478. The number of hydrogen-bond acceptors (Lipinski definition) is 1. The van der Waals surface area contributed by atoms with Crippen LogP contribution in [0.5, 0.6) is 0 Å². The monoisotopic (exact) mass is 325 g/mol. The molecule has 0 radical (unpaired) electrons. The molecule has 1 aromatic carbocycles. The molecule has 0 aliphatic carbocycles. The first-order valence-electron chi connectivity index (χ1n) is 8.91. The van der Waals surface area contributed by atoms with E-state index in [1.165, 1.54) is 16.8 Å². The number of nitrogens with zero attached hydrogens (tertiary/aromatic N) is 1. The van der Waals surface area contributed by atoms with E-state index in [4.69, 9.17) is 0 Å². The van der Waals surface area contributed by atoms with Crippen molar-refractivity contribution < 1.29 is 0 Å². The van der Waals surface area contributed by atoms with Crippen LogP contribution in [0.15, 0.2) is 61.2 Å². The lowest BCUT2D eigenvalue weighted by Crippen LogP contribution is -2.32. The third kappa shape index (κ3) is 5.40. The van der Waals surface area contributed by atoms with E-state index in [2.05, 4.69) is 96.3 Å². The van der Waals surface area contributed by atoms with Gasteiger partial charge in [-0.2, -0.15) is 0 Å². The second-order valence-electron chi connectivity index (χ2n) is 7.81. The molecule has 1 heteroatoms. The fourth-order valence-electron chi connectivity index (χ4n) is 3.71. The zero-order valence-corrected chi connectivity index (χ0v) is 16.5. The Labute approximate surface area is 149 Å². The molecule has 1 nitrogen and oxygen atoms in total. The third-order valence-corrected chi connectivity index (χ3v) is 4.88. The van der Waals surface area contributed by atoms with Gasteiger partial charge in [-0.25, -0.2) is 0 Å². The van der Waals surface area contributed by atoms with Crippen LogP contribution in [0.4, 0.5) is 5.69 Å². The van der Waals surface area contributed by atoms with E-state index in [1.807, 2.05) is 6.08 Å². The molecule has 0 saturated heterocycles. The van der Waals surface area contributed by atoms with Gasteiger partial charge in [-0.1, -0.05) is 69.4 Å². The summed E-state index contributed by atoms with van der Waals surface area (Å²) in [4.78, 5) is 2.20. The summed E-state index contributed by atoms with van der Waals surface area (Å²) in [7, 11) is 4.23. The maximum Gasteiger partial charge on any atom is 0.0393 e. The van der Waals surface area contributed by atoms with Crippen LogP contribution in [-0.2, 0) is 6.42 Å². The van der Waals surface area contributed by atoms with Gasteiger partial charge in [0.15, 0.2) is 0 Å². The van der Waals surface area contributed by atoms with E-state index in [9.17, 15) is 0 Å². The van der Waals surface area contributed by atoms with Gasteiger partial charge in [0.1, 0.15) is 0 Å². The molecule has 132 valence electrons. The smallest absolute Gasteiger partial charge is 0.0393 e. The Kier molecular flexibility index (Phi) is 7.54. The predicted molar refractivity (Wildman–Crippen MR) is 110 cm³/mol. The second-order valence-corrected chi connectivity index (χ2v) is 7.81. The van der Waals surface area contributed by atoms with Crippen molar-refractivity contribution in [2.24, 2.45) is 17.3 Å². The Morgan fingerprint density at radius 2 is 1.88 bits per heavy atom. The van der Waals surface area contributed by atoms with E-state index in [1.54, 1.807) is 0 Å². The van der Waals surface area contributed by atoms with Crippen LogP contribution in [0.3, 0.4) is 0 Å². The highest BCUT2D eigenvalue weighted by Gasteiger charge is 2.34. The summed E-state index contributed by atoms with van der Waals surface area (Å²) in [5.74, 6) is 1.13. The number of para-hydroxylation sites is 1. The van der Waals surface area contributed by atoms with Gasteiger partial charge in [-0.15, -0.1) is 6.58 Å². The minimum atomic E-state index is 0.0629. The minimum Gasteiger partial charge on any atom is -0.377 e. The van der Waals surface area contributed by atoms with Crippen LogP contribution in [0.1, 0.15) is 39.7 Å². The summed E-state index contributed by atoms with van der Waals surface area (Å²) in [5, 5.41) is 0. The molecule has 0 bridgehead atoms. The molecule has 0 aromatic heterocycles. The van der Waals surface area contributed by atoms with Crippen LogP contribution in [0.25, 0.3) is 0 Å². The molecular weight excluding hydrogens is 290 g/mol. The topological polar surface area (TPSA) is 3.24 Å². The highest BCUT2D eigenvalue weighted by molar-refractivity contribution is 5.53. The highest BCUT2D eigenvalue weighted by atomic mass is 15.1. The Morgan fingerprint density at radius 3 is 2.38 bits per heavy atom. The number of hydrogen-bond donors (Lipinski definition) is 0. The van der Waals surface area contributed by atoms with Crippen LogP contribution in [0, 0.1) is 17.3 Å². The van der Waals surface area contributed by atoms with E-state index in [0.717, 1.165) is 12.8 Å². The molecular formula is C23H35N. The molecule has 0 N–H and O–H groups in total. The molecule has 2 unspecified atom stereocenters. The number of allylic oxidation sites excluding steroid dienone is 4. The largest absolute Gasteiger partial charge is 0.377 e. The van der Waals surface area contributed by atoms with Crippen LogP contribution >= 0.6 is 0 Å². The molecule has 0 heterocycles. The van der Waals surface area contributed by atoms with Gasteiger partial charge in [-0.05, 0) is 48.6 Å². The van der Waals surface area contributed by atoms with Crippen molar-refractivity contribution in [2.75, 3.05) is 19.0 Å². The average molecular weight is 326 g/mol. The summed E-state index contributed by atoms with van der Waals surface area (Å²) in [6.07, 6.45) is 8.40. The number of benzene rings is 1. The summed E-state index contributed by atoms with van der Waals surface area (Å²) in [5.41, 5.74) is 4.01. The first-order valence-corrected chi connectivity index (χ1v) is 8.91. The Morgan fingerprint density at radius 1 is 1.25 bits per heavy atom. The molecule has 0 aliphatic rings. The maximum absolute atomic E-state index is 4.17. The molecule has 0 fully saturated rings. The van der Waals surface area contributed by atoms with Crippen LogP contribution < -0.4 is 4.90 Å². The maximum atomic E-state index is 4.17. The first kappa shape index (κ1) is 20.3. The van der Waals surface area contributed by atoms with Gasteiger partial charge < -0.3 is 4.90 Å². The summed E-state index contributed by atoms with van der Waals surface area (Å²) < 4.78 is 0. The Hall–Kier alpha value is -1.76. The van der Waals surface area contributed by atoms with Gasteiger partial charge in [0.05, 0.1) is 0 Å². The van der Waals surface area contributed by atoms with Gasteiger partial charge in [-0.3, -0.25) is 0 Å². The standard InChI is InChI=1S/C23H35N/c1-9-10-15-23(6,21(19(4)5)16-18(2)3)17-20-13-11-12-14-22(20)24(7)8/h9-15,19,21H,1-2,16-17H2,3-8H3/b15-10-. The highest BCUT2D eigenvalue weighted by Crippen LogP contribution is 2.42. The zero-order chi connectivity index (χ0) is 18.3. The fourth-order valence-corrected chi connectivity index (χ4v) is 3.71. The summed E-state index contributed by atoms with van der Waals surface area (Å²) in [6, 6.07) is 8.72. The summed E-state index contributed by atoms with van der Waals surface area (Å²) in [6.45, 7) is 17.2. The van der Waals surface area contributed by atoms with E-state index in [0.29, 0.717) is 11.8 Å². The summed E-state index contributed by atoms with van der Waals surface area (Å²) >= 11 is 0. The van der Waals surface area contributed by atoms with E-state index < -0.39 is 0 Å². The minimum absolute atomic E-state index is 0.0629. The van der Waals surface area contributed by atoms with Crippen molar-refractivity contribution in [1.82, 2.24) is 0 Å². The Balaban J connectivity index is 3.32. The predicted octanol–water partition coefficient (Wildman–Crippen LogP) is 6.28. The van der Waals surface area contributed by atoms with Crippen molar-refractivity contribution in [1.29, 1.82) is 0 Å². The van der Waals surface area contributed by atoms with Crippen LogP contribution in [0.2, 0.25) is 0 Å². The van der Waals surface area contributed by atoms with Crippen molar-refractivity contribution >= 4 is 5.69 Å². The normalized spacial score (nSPS) is 15.3. The van der Waals surface area contributed by atoms with Crippen LogP contribution in [-0.4, -0.2) is 14.1 Å². The molecule has 1 aromatic rings. The molecule has 0 aliphatic heterocycles. The van der Waals surface area contributed by atoms with Crippen molar-refractivity contribution in [3.05, 3.63) is 66.8 Å². The zero-order valence-electron chi connectivity index (χ0n) is 16.5. The van der Waals surface area contributed by atoms with Crippen molar-refractivity contribution in [2.45, 2.75) is 40.5 Å². The molecule has 0 saturated carbocycles. The van der Waals surface area contributed by atoms with Gasteiger partial charge in [0.2, 0.25) is 0 Å².